The van der Waals surface area contributed by atoms with Gasteiger partial charge in [-0.1, -0.05) is 0 Å². The van der Waals surface area contributed by atoms with Crippen LogP contribution in [0.15, 0.2) is 12.3 Å². The Hall–Kier alpha value is -1.16. The van der Waals surface area contributed by atoms with E-state index in [1.165, 1.54) is 0 Å². The molecule has 0 radical (unpaired) electrons. The Balaban J connectivity index is 2.73. The van der Waals surface area contributed by atoms with Crippen LogP contribution in [0.4, 0.5) is 0 Å². The number of carbonyl (C=O) groups is 1. The zero-order chi connectivity index (χ0) is 9.84. The maximum atomic E-state index is 11.6. The summed E-state index contributed by atoms with van der Waals surface area (Å²) < 4.78 is 6.75. The molecular weight excluding hydrogens is 168 g/mol. The summed E-state index contributed by atoms with van der Waals surface area (Å²) in [5, 5.41) is 3.92. The van der Waals surface area contributed by atoms with E-state index in [0.29, 0.717) is 12.3 Å². The van der Waals surface area contributed by atoms with E-state index in [1.807, 2.05) is 6.92 Å². The van der Waals surface area contributed by atoms with Crippen LogP contribution in [0, 0.1) is 0 Å². The van der Waals surface area contributed by atoms with Crippen LogP contribution >= 0.6 is 0 Å². The first kappa shape index (κ1) is 9.92. The molecule has 0 aliphatic rings. The number of hydrogen-bond acceptors (Lipinski definition) is 3. The minimum Gasteiger partial charge on any atom is -0.371 e. The molecular formula is C9H14N2O2. The zero-order valence-electron chi connectivity index (χ0n) is 8.15. The van der Waals surface area contributed by atoms with E-state index in [2.05, 4.69) is 5.10 Å². The van der Waals surface area contributed by atoms with Crippen molar-refractivity contribution in [2.24, 2.45) is 7.05 Å². The summed E-state index contributed by atoms with van der Waals surface area (Å²) in [7, 11) is 1.74. The molecule has 0 aliphatic carbocycles. The highest BCUT2D eigenvalue weighted by Crippen LogP contribution is 2.04. The van der Waals surface area contributed by atoms with Gasteiger partial charge in [-0.25, -0.2) is 0 Å². The molecule has 4 heteroatoms. The molecule has 13 heavy (non-hydrogen) atoms. The van der Waals surface area contributed by atoms with Crippen LogP contribution in [0.2, 0.25) is 0 Å². The molecule has 0 aromatic carbocycles. The molecule has 4 nitrogen and oxygen atoms in total. The summed E-state index contributed by atoms with van der Waals surface area (Å²) in [6, 6.07) is 1.69. The number of hydrogen-bond donors (Lipinski definition) is 0. The van der Waals surface area contributed by atoms with Gasteiger partial charge in [-0.15, -0.1) is 0 Å². The van der Waals surface area contributed by atoms with E-state index >= 15 is 0 Å². The van der Waals surface area contributed by atoms with Crippen molar-refractivity contribution in [3.05, 3.63) is 18.0 Å². The average Bonchev–Trinajstić information content (AvgIpc) is 2.50. The number of aromatic nitrogens is 2. The molecule has 0 spiro atoms. The monoisotopic (exact) mass is 182 g/mol. The molecule has 1 atom stereocenters. The lowest BCUT2D eigenvalue weighted by molar-refractivity contribution is 0.0512. The first-order valence-electron chi connectivity index (χ1n) is 4.30. The van der Waals surface area contributed by atoms with Gasteiger partial charge in [-0.2, -0.15) is 5.10 Å². The van der Waals surface area contributed by atoms with E-state index in [9.17, 15) is 4.79 Å². The van der Waals surface area contributed by atoms with Crippen LogP contribution in [-0.2, 0) is 11.8 Å². The molecule has 0 saturated heterocycles. The van der Waals surface area contributed by atoms with Crippen molar-refractivity contribution < 1.29 is 9.53 Å². The topological polar surface area (TPSA) is 44.1 Å². The average molecular weight is 182 g/mol. The van der Waals surface area contributed by atoms with Crippen molar-refractivity contribution in [2.75, 3.05) is 6.61 Å². The Labute approximate surface area is 77.5 Å². The van der Waals surface area contributed by atoms with Gasteiger partial charge < -0.3 is 4.74 Å². The van der Waals surface area contributed by atoms with E-state index in [4.69, 9.17) is 4.74 Å². The predicted octanol–water partition coefficient (Wildman–Crippen LogP) is 1.03. The number of rotatable bonds is 4. The van der Waals surface area contributed by atoms with Crippen molar-refractivity contribution in [2.45, 2.75) is 20.0 Å². The molecule has 0 fully saturated rings. The summed E-state index contributed by atoms with van der Waals surface area (Å²) in [5.74, 6) is -0.0261. The summed E-state index contributed by atoms with van der Waals surface area (Å²) in [6.07, 6.45) is 1.21. The van der Waals surface area contributed by atoms with Crippen molar-refractivity contribution >= 4 is 5.78 Å². The summed E-state index contributed by atoms with van der Waals surface area (Å²) in [6.45, 7) is 4.16. The van der Waals surface area contributed by atoms with Gasteiger partial charge in [0.05, 0.1) is 0 Å². The number of ether oxygens (including phenoxy) is 1. The van der Waals surface area contributed by atoms with Gasteiger partial charge in [0.1, 0.15) is 11.8 Å². The lowest BCUT2D eigenvalue weighted by Gasteiger charge is -2.09. The third kappa shape index (κ3) is 2.15. The zero-order valence-corrected chi connectivity index (χ0v) is 8.15. The molecule has 1 aromatic heterocycles. The largest absolute Gasteiger partial charge is 0.371 e. The third-order valence-corrected chi connectivity index (χ3v) is 1.86. The fourth-order valence-corrected chi connectivity index (χ4v) is 1.15. The van der Waals surface area contributed by atoms with Gasteiger partial charge >= 0.3 is 0 Å². The minimum atomic E-state index is -0.389. The molecule has 1 rings (SSSR count). The minimum absolute atomic E-state index is 0.0261. The van der Waals surface area contributed by atoms with Gasteiger partial charge in [0.2, 0.25) is 5.78 Å². The Morgan fingerprint density at radius 2 is 2.46 bits per heavy atom. The smallest absolute Gasteiger partial charge is 0.209 e. The van der Waals surface area contributed by atoms with Crippen LogP contribution in [0.5, 0.6) is 0 Å². The van der Waals surface area contributed by atoms with Crippen molar-refractivity contribution in [1.82, 2.24) is 9.78 Å². The Kier molecular flexibility index (Phi) is 3.19. The summed E-state index contributed by atoms with van der Waals surface area (Å²) in [5.41, 5.74) is 0.584. The van der Waals surface area contributed by atoms with Crippen molar-refractivity contribution in [1.29, 1.82) is 0 Å². The first-order valence-corrected chi connectivity index (χ1v) is 4.30. The van der Waals surface area contributed by atoms with Gasteiger partial charge in [-0.3, -0.25) is 9.48 Å². The lowest BCUT2D eigenvalue weighted by Crippen LogP contribution is -2.23. The Bertz CT molecular complexity index is 294. The quantitative estimate of drug-likeness (QED) is 0.653. The Morgan fingerprint density at radius 1 is 1.77 bits per heavy atom. The summed E-state index contributed by atoms with van der Waals surface area (Å²) >= 11 is 0. The highest BCUT2D eigenvalue weighted by molar-refractivity contribution is 5.97. The number of aryl methyl sites for hydroxylation is 1. The SMILES string of the molecule is CCOC(C)C(=O)c1ccnn1C. The van der Waals surface area contributed by atoms with Crippen molar-refractivity contribution in [3.63, 3.8) is 0 Å². The third-order valence-electron chi connectivity index (χ3n) is 1.86. The van der Waals surface area contributed by atoms with Crippen LogP contribution < -0.4 is 0 Å². The lowest BCUT2D eigenvalue weighted by atomic mass is 10.2. The van der Waals surface area contributed by atoms with Crippen LogP contribution in [0.25, 0.3) is 0 Å². The van der Waals surface area contributed by atoms with Crippen LogP contribution in [-0.4, -0.2) is 28.3 Å². The van der Waals surface area contributed by atoms with E-state index < -0.39 is 0 Å². The maximum absolute atomic E-state index is 11.6. The highest BCUT2D eigenvalue weighted by atomic mass is 16.5. The van der Waals surface area contributed by atoms with Crippen molar-refractivity contribution in [3.8, 4) is 0 Å². The molecule has 1 unspecified atom stereocenters. The van der Waals surface area contributed by atoms with E-state index in [1.54, 1.807) is 30.9 Å². The highest BCUT2D eigenvalue weighted by Gasteiger charge is 2.17. The molecule has 72 valence electrons. The molecule has 0 saturated carbocycles. The first-order chi connectivity index (χ1) is 6.16. The van der Waals surface area contributed by atoms with Gasteiger partial charge in [0, 0.05) is 19.9 Å². The van der Waals surface area contributed by atoms with Gasteiger partial charge in [-0.05, 0) is 19.9 Å². The molecule has 0 aliphatic heterocycles. The second-order valence-electron chi connectivity index (χ2n) is 2.80. The molecule has 1 aromatic rings. The molecule has 0 N–H and O–H groups in total. The van der Waals surface area contributed by atoms with Crippen LogP contribution in [0.1, 0.15) is 24.3 Å². The standard InChI is InChI=1S/C9H14N2O2/c1-4-13-7(2)9(12)8-5-6-10-11(8)3/h5-7H,4H2,1-3H3. The number of Topliss-reactive ketones (excluding diaryl/α,β-unsaturated/α-hetero) is 1. The maximum Gasteiger partial charge on any atom is 0.209 e. The second kappa shape index (κ2) is 4.18. The Morgan fingerprint density at radius 3 is 2.92 bits per heavy atom. The molecule has 0 amide bonds. The number of ketones is 1. The molecule has 0 bridgehead atoms. The van der Waals surface area contributed by atoms with Gasteiger partial charge in [0.15, 0.2) is 0 Å². The number of carbonyl (C=O) groups excluding carboxylic acids is 1. The number of nitrogens with zero attached hydrogens (tertiary/aromatic N) is 2. The van der Waals surface area contributed by atoms with Gasteiger partial charge in [0.25, 0.3) is 0 Å². The van der Waals surface area contributed by atoms with E-state index in [0.717, 1.165) is 0 Å². The predicted molar refractivity (Wildman–Crippen MR) is 48.6 cm³/mol. The summed E-state index contributed by atoms with van der Waals surface area (Å²) in [4.78, 5) is 11.6. The fourth-order valence-electron chi connectivity index (χ4n) is 1.15. The second-order valence-corrected chi connectivity index (χ2v) is 2.80. The van der Waals surface area contributed by atoms with E-state index in [-0.39, 0.29) is 11.9 Å². The van der Waals surface area contributed by atoms with Crippen LogP contribution in [0.3, 0.4) is 0 Å². The molecule has 1 heterocycles. The normalized spacial score (nSPS) is 12.8. The fraction of sp³-hybridized carbons (Fsp3) is 0.556.